The molecule has 0 radical (unpaired) electrons. The van der Waals surface area contributed by atoms with E-state index in [1.165, 1.54) is 13.2 Å². The van der Waals surface area contributed by atoms with E-state index in [1.807, 2.05) is 0 Å². The van der Waals surface area contributed by atoms with Crippen LogP contribution in [0.15, 0.2) is 65.1 Å². The second-order valence-corrected chi connectivity index (χ2v) is 7.72. The molecule has 150 valence electrons. The number of halogens is 2. The maximum Gasteiger partial charge on any atom is 0.266 e. The molecule has 0 aromatic heterocycles. The van der Waals surface area contributed by atoms with E-state index in [-0.39, 0.29) is 10.9 Å². The zero-order chi connectivity index (χ0) is 21.4. The van der Waals surface area contributed by atoms with Crippen molar-refractivity contribution in [2.45, 2.75) is 0 Å². The van der Waals surface area contributed by atoms with Gasteiger partial charge in [-0.05, 0) is 64.5 Å². The first kappa shape index (κ1) is 20.1. The van der Waals surface area contributed by atoms with Gasteiger partial charge < -0.3 is 10.1 Å². The largest absolute Gasteiger partial charge is 0.496 e. The Kier molecular flexibility index (Phi) is 5.32. The molecule has 3 aromatic rings. The summed E-state index contributed by atoms with van der Waals surface area (Å²) in [5.41, 5.74) is 1.79. The van der Waals surface area contributed by atoms with Crippen LogP contribution >= 0.6 is 27.5 Å². The fourth-order valence-electron chi connectivity index (χ4n) is 3.17. The highest BCUT2D eigenvalue weighted by Crippen LogP contribution is 2.33. The molecule has 1 N–H and O–H groups in total. The fourth-order valence-corrected chi connectivity index (χ4v) is 3.93. The SMILES string of the molecule is COc1ccc(C(=O)Nc2ccc(N3C(=O)c4ccccc4C3=O)cc2Cl)cc1Br. The number of methoxy groups -OCH3 is 1. The number of rotatable bonds is 4. The zero-order valence-electron chi connectivity index (χ0n) is 15.6. The molecule has 0 saturated carbocycles. The van der Waals surface area contributed by atoms with Gasteiger partial charge in [-0.2, -0.15) is 0 Å². The van der Waals surface area contributed by atoms with Gasteiger partial charge in [-0.1, -0.05) is 23.7 Å². The monoisotopic (exact) mass is 484 g/mol. The van der Waals surface area contributed by atoms with E-state index in [0.29, 0.717) is 38.3 Å². The number of ether oxygens (including phenoxy) is 1. The van der Waals surface area contributed by atoms with Crippen molar-refractivity contribution in [2.75, 3.05) is 17.3 Å². The normalized spacial score (nSPS) is 12.7. The molecule has 30 heavy (non-hydrogen) atoms. The van der Waals surface area contributed by atoms with Crippen LogP contribution in [0.2, 0.25) is 5.02 Å². The van der Waals surface area contributed by atoms with E-state index >= 15 is 0 Å². The van der Waals surface area contributed by atoms with E-state index in [1.54, 1.807) is 54.6 Å². The van der Waals surface area contributed by atoms with Gasteiger partial charge in [0.25, 0.3) is 17.7 Å². The Bertz CT molecular complexity index is 1180. The first-order valence-electron chi connectivity index (χ1n) is 8.83. The number of nitrogens with one attached hydrogen (secondary N) is 1. The Balaban J connectivity index is 1.57. The zero-order valence-corrected chi connectivity index (χ0v) is 18.0. The molecule has 0 aliphatic carbocycles. The maximum atomic E-state index is 12.6. The lowest BCUT2D eigenvalue weighted by molar-refractivity contribution is 0.0924. The predicted molar refractivity (Wildman–Crippen MR) is 118 cm³/mol. The first-order valence-corrected chi connectivity index (χ1v) is 10.00. The molecule has 4 rings (SSSR count). The Labute approximate surface area is 185 Å². The maximum absolute atomic E-state index is 12.6. The molecule has 3 aromatic carbocycles. The number of hydrogen-bond acceptors (Lipinski definition) is 4. The Morgan fingerprint density at radius 2 is 1.67 bits per heavy atom. The van der Waals surface area contributed by atoms with Gasteiger partial charge in [0.2, 0.25) is 0 Å². The van der Waals surface area contributed by atoms with Gasteiger partial charge in [-0.15, -0.1) is 0 Å². The summed E-state index contributed by atoms with van der Waals surface area (Å²) < 4.78 is 5.80. The van der Waals surface area contributed by atoms with Crippen molar-refractivity contribution in [1.29, 1.82) is 0 Å². The summed E-state index contributed by atoms with van der Waals surface area (Å²) in [6.45, 7) is 0. The van der Waals surface area contributed by atoms with E-state index in [9.17, 15) is 14.4 Å². The third-order valence-electron chi connectivity index (χ3n) is 4.67. The summed E-state index contributed by atoms with van der Waals surface area (Å²) >= 11 is 9.68. The van der Waals surface area contributed by atoms with Crippen LogP contribution in [0.4, 0.5) is 11.4 Å². The van der Waals surface area contributed by atoms with Gasteiger partial charge in [0.15, 0.2) is 0 Å². The summed E-state index contributed by atoms with van der Waals surface area (Å²) in [5.74, 6) is -0.582. The van der Waals surface area contributed by atoms with E-state index < -0.39 is 11.8 Å². The number of carbonyl (C=O) groups is 3. The Hall–Kier alpha value is -3.16. The van der Waals surface area contributed by atoms with Crippen molar-refractivity contribution in [3.8, 4) is 5.75 Å². The van der Waals surface area contributed by atoms with Crippen LogP contribution in [-0.4, -0.2) is 24.8 Å². The lowest BCUT2D eigenvalue weighted by atomic mass is 10.1. The molecule has 3 amide bonds. The molecule has 0 fully saturated rings. The standard InChI is InChI=1S/C22H14BrClN2O4/c1-30-19-9-6-12(10-16(19)23)20(27)25-18-8-7-13(11-17(18)24)26-21(28)14-4-2-3-5-15(14)22(26)29/h2-11H,1H3,(H,25,27). The van der Waals surface area contributed by atoms with Gasteiger partial charge in [0.1, 0.15) is 5.75 Å². The number of anilines is 2. The molecule has 1 aliphatic rings. The van der Waals surface area contributed by atoms with Crippen molar-refractivity contribution in [1.82, 2.24) is 0 Å². The molecule has 0 bridgehead atoms. The minimum atomic E-state index is -0.411. The second-order valence-electron chi connectivity index (χ2n) is 6.46. The van der Waals surface area contributed by atoms with Crippen LogP contribution in [0.25, 0.3) is 0 Å². The Morgan fingerprint density at radius 3 is 2.23 bits per heavy atom. The van der Waals surface area contributed by atoms with Crippen LogP contribution in [0.1, 0.15) is 31.1 Å². The number of amides is 3. The fraction of sp³-hybridized carbons (Fsp3) is 0.0455. The molecular weight excluding hydrogens is 472 g/mol. The smallest absolute Gasteiger partial charge is 0.266 e. The second kappa shape index (κ2) is 7.93. The molecule has 6 nitrogen and oxygen atoms in total. The molecule has 0 spiro atoms. The summed E-state index contributed by atoms with van der Waals surface area (Å²) in [5, 5.41) is 2.93. The van der Waals surface area contributed by atoms with Crippen molar-refractivity contribution in [3.63, 3.8) is 0 Å². The van der Waals surface area contributed by atoms with Gasteiger partial charge in [-0.25, -0.2) is 4.90 Å². The molecular formula is C22H14BrClN2O4. The lowest BCUT2D eigenvalue weighted by Gasteiger charge is -2.16. The van der Waals surface area contributed by atoms with Gasteiger partial charge in [0, 0.05) is 5.56 Å². The summed E-state index contributed by atoms with van der Waals surface area (Å²) in [4.78, 5) is 38.9. The lowest BCUT2D eigenvalue weighted by Crippen LogP contribution is -2.29. The summed E-state index contributed by atoms with van der Waals surface area (Å²) in [7, 11) is 1.54. The van der Waals surface area contributed by atoms with E-state index in [4.69, 9.17) is 16.3 Å². The summed E-state index contributed by atoms with van der Waals surface area (Å²) in [6, 6.07) is 16.2. The van der Waals surface area contributed by atoms with Crippen molar-refractivity contribution in [3.05, 3.63) is 86.8 Å². The van der Waals surface area contributed by atoms with Gasteiger partial charge >= 0.3 is 0 Å². The van der Waals surface area contributed by atoms with Crippen LogP contribution in [-0.2, 0) is 0 Å². The van der Waals surface area contributed by atoms with E-state index in [2.05, 4.69) is 21.2 Å². The predicted octanol–water partition coefficient (Wildman–Crippen LogP) is 5.16. The third kappa shape index (κ3) is 3.46. The molecule has 0 saturated heterocycles. The number of hydrogen-bond donors (Lipinski definition) is 1. The average molecular weight is 486 g/mol. The highest BCUT2D eigenvalue weighted by molar-refractivity contribution is 9.10. The van der Waals surface area contributed by atoms with Crippen LogP contribution in [0.3, 0.4) is 0 Å². The molecule has 0 unspecified atom stereocenters. The van der Waals surface area contributed by atoms with Crippen LogP contribution in [0.5, 0.6) is 5.75 Å². The van der Waals surface area contributed by atoms with Crippen molar-refractivity contribution >= 4 is 56.6 Å². The highest BCUT2D eigenvalue weighted by Gasteiger charge is 2.36. The molecule has 1 heterocycles. The summed E-state index contributed by atoms with van der Waals surface area (Å²) in [6.07, 6.45) is 0. The van der Waals surface area contributed by atoms with Crippen molar-refractivity contribution in [2.24, 2.45) is 0 Å². The first-order chi connectivity index (χ1) is 14.4. The van der Waals surface area contributed by atoms with Gasteiger partial charge in [0.05, 0.1) is 39.1 Å². The minimum Gasteiger partial charge on any atom is -0.496 e. The molecule has 0 atom stereocenters. The number of fused-ring (bicyclic) bond motifs is 1. The van der Waals surface area contributed by atoms with Crippen LogP contribution in [0, 0.1) is 0 Å². The quantitative estimate of drug-likeness (QED) is 0.518. The average Bonchev–Trinajstić information content (AvgIpc) is 3.00. The van der Waals surface area contributed by atoms with Gasteiger partial charge in [-0.3, -0.25) is 14.4 Å². The third-order valence-corrected chi connectivity index (χ3v) is 5.60. The minimum absolute atomic E-state index is 0.199. The number of imide groups is 1. The number of nitrogens with zero attached hydrogens (tertiary/aromatic N) is 1. The van der Waals surface area contributed by atoms with Crippen LogP contribution < -0.4 is 15.0 Å². The molecule has 1 aliphatic heterocycles. The topological polar surface area (TPSA) is 75.7 Å². The van der Waals surface area contributed by atoms with Crippen molar-refractivity contribution < 1.29 is 19.1 Å². The number of benzene rings is 3. The Morgan fingerprint density at radius 1 is 1.00 bits per heavy atom. The molecule has 8 heteroatoms. The highest BCUT2D eigenvalue weighted by atomic mass is 79.9. The van der Waals surface area contributed by atoms with E-state index in [0.717, 1.165) is 4.90 Å². The number of carbonyl (C=O) groups excluding carboxylic acids is 3.